The molecule has 0 aliphatic carbocycles. The first-order chi connectivity index (χ1) is 12.5. The molecule has 0 radical (unpaired) electrons. The zero-order valence-electron chi connectivity index (χ0n) is 14.2. The second kappa shape index (κ2) is 7.58. The number of benzene rings is 2. The lowest BCUT2D eigenvalue weighted by atomic mass is 10.1. The summed E-state index contributed by atoms with van der Waals surface area (Å²) in [6, 6.07) is 13.7. The van der Waals surface area contributed by atoms with Crippen molar-refractivity contribution in [2.24, 2.45) is 5.92 Å². The Balaban J connectivity index is 1.73. The summed E-state index contributed by atoms with van der Waals surface area (Å²) in [7, 11) is 1.53. The van der Waals surface area contributed by atoms with Crippen molar-refractivity contribution in [1.82, 2.24) is 5.32 Å². The highest BCUT2D eigenvalue weighted by Gasteiger charge is 2.35. The Labute approximate surface area is 156 Å². The van der Waals surface area contributed by atoms with E-state index in [4.69, 9.17) is 11.6 Å². The van der Waals surface area contributed by atoms with E-state index in [-0.39, 0.29) is 30.7 Å². The second-order valence-corrected chi connectivity index (χ2v) is 6.43. The number of hydrogen-bond donors (Lipinski definition) is 2. The van der Waals surface area contributed by atoms with Crippen LogP contribution in [0.1, 0.15) is 16.8 Å². The van der Waals surface area contributed by atoms with Crippen molar-refractivity contribution in [2.45, 2.75) is 6.42 Å². The summed E-state index contributed by atoms with van der Waals surface area (Å²) in [6.07, 6.45) is 0.122. The van der Waals surface area contributed by atoms with E-state index in [0.717, 1.165) is 0 Å². The summed E-state index contributed by atoms with van der Waals surface area (Å²) < 4.78 is 0. The van der Waals surface area contributed by atoms with Crippen LogP contribution in [0.15, 0.2) is 48.5 Å². The molecule has 1 atom stereocenters. The first kappa shape index (κ1) is 17.9. The highest BCUT2D eigenvalue weighted by molar-refractivity contribution is 6.30. The Bertz CT molecular complexity index is 851. The van der Waals surface area contributed by atoms with Crippen LogP contribution in [0.5, 0.6) is 0 Å². The standard InChI is InChI=1S/C19H18ClN3O3/c1-21-19(26)15-4-2-3-5-16(15)22-18(25)12-10-17(24)23(11-12)14-8-6-13(20)7-9-14/h2-9,12H,10-11H2,1H3,(H,21,26)(H,22,25)/t12-/m1/s1. The number of halogens is 1. The van der Waals surface area contributed by atoms with Crippen LogP contribution in [0.4, 0.5) is 11.4 Å². The van der Waals surface area contributed by atoms with Gasteiger partial charge in [0.1, 0.15) is 0 Å². The van der Waals surface area contributed by atoms with Gasteiger partial charge >= 0.3 is 0 Å². The van der Waals surface area contributed by atoms with Gasteiger partial charge in [-0.05, 0) is 36.4 Å². The van der Waals surface area contributed by atoms with Crippen LogP contribution in [0.2, 0.25) is 5.02 Å². The molecule has 134 valence electrons. The summed E-state index contributed by atoms with van der Waals surface area (Å²) in [5.41, 5.74) is 1.51. The van der Waals surface area contributed by atoms with Gasteiger partial charge in [-0.3, -0.25) is 14.4 Å². The van der Waals surface area contributed by atoms with E-state index in [1.165, 1.54) is 7.05 Å². The first-order valence-electron chi connectivity index (χ1n) is 8.17. The molecule has 1 heterocycles. The molecule has 26 heavy (non-hydrogen) atoms. The Morgan fingerprint density at radius 3 is 2.50 bits per heavy atom. The molecule has 1 aliphatic rings. The maximum Gasteiger partial charge on any atom is 0.253 e. The fraction of sp³-hybridized carbons (Fsp3) is 0.211. The molecular formula is C19H18ClN3O3. The predicted octanol–water partition coefficient (Wildman–Crippen LogP) is 2.69. The molecule has 2 aromatic carbocycles. The summed E-state index contributed by atoms with van der Waals surface area (Å²) in [6.45, 7) is 0.286. The Kier molecular flexibility index (Phi) is 5.23. The maximum atomic E-state index is 12.6. The van der Waals surface area contributed by atoms with Gasteiger partial charge in [-0.25, -0.2) is 0 Å². The van der Waals surface area contributed by atoms with Crippen LogP contribution in [0, 0.1) is 5.92 Å². The number of carbonyl (C=O) groups excluding carboxylic acids is 3. The molecule has 6 nitrogen and oxygen atoms in total. The van der Waals surface area contributed by atoms with Crippen molar-refractivity contribution in [2.75, 3.05) is 23.8 Å². The Hall–Kier alpha value is -2.86. The average molecular weight is 372 g/mol. The quantitative estimate of drug-likeness (QED) is 0.867. The fourth-order valence-electron chi connectivity index (χ4n) is 2.91. The molecule has 0 unspecified atom stereocenters. The van der Waals surface area contributed by atoms with E-state index in [2.05, 4.69) is 10.6 Å². The van der Waals surface area contributed by atoms with Crippen molar-refractivity contribution < 1.29 is 14.4 Å². The highest BCUT2D eigenvalue weighted by Crippen LogP contribution is 2.27. The molecule has 0 aromatic heterocycles. The topological polar surface area (TPSA) is 78.5 Å². The molecule has 1 fully saturated rings. The van der Waals surface area contributed by atoms with Crippen molar-refractivity contribution in [3.8, 4) is 0 Å². The van der Waals surface area contributed by atoms with Crippen LogP contribution in [-0.4, -0.2) is 31.3 Å². The van der Waals surface area contributed by atoms with Gasteiger partial charge in [0.2, 0.25) is 11.8 Å². The van der Waals surface area contributed by atoms with Crippen LogP contribution in [0.25, 0.3) is 0 Å². The molecule has 2 N–H and O–H groups in total. The van der Waals surface area contributed by atoms with Crippen molar-refractivity contribution >= 4 is 40.7 Å². The van der Waals surface area contributed by atoms with Crippen LogP contribution < -0.4 is 15.5 Å². The summed E-state index contributed by atoms with van der Waals surface area (Å²) in [4.78, 5) is 38.4. The van der Waals surface area contributed by atoms with Gasteiger partial charge in [0.15, 0.2) is 0 Å². The van der Waals surface area contributed by atoms with Gasteiger partial charge in [0.05, 0.1) is 17.2 Å². The molecule has 3 rings (SSSR count). The molecule has 3 amide bonds. The number of carbonyl (C=O) groups is 3. The van der Waals surface area contributed by atoms with Gasteiger partial charge in [-0.2, -0.15) is 0 Å². The predicted molar refractivity (Wildman–Crippen MR) is 100 cm³/mol. The third-order valence-corrected chi connectivity index (χ3v) is 4.54. The molecule has 7 heteroatoms. The first-order valence-corrected chi connectivity index (χ1v) is 8.55. The Morgan fingerprint density at radius 1 is 1.12 bits per heavy atom. The van der Waals surface area contributed by atoms with Crippen molar-refractivity contribution in [1.29, 1.82) is 0 Å². The van der Waals surface area contributed by atoms with Crippen molar-refractivity contribution in [3.05, 3.63) is 59.1 Å². The molecule has 0 bridgehead atoms. The van der Waals surface area contributed by atoms with Crippen LogP contribution in [0.3, 0.4) is 0 Å². The van der Waals surface area contributed by atoms with E-state index in [1.807, 2.05) is 0 Å². The summed E-state index contributed by atoms with van der Waals surface area (Å²) >= 11 is 5.88. The zero-order valence-corrected chi connectivity index (χ0v) is 14.9. The number of amides is 3. The van der Waals surface area contributed by atoms with E-state index in [0.29, 0.717) is 22.0 Å². The number of rotatable bonds is 4. The average Bonchev–Trinajstić information content (AvgIpc) is 3.04. The number of nitrogens with one attached hydrogen (secondary N) is 2. The number of hydrogen-bond acceptors (Lipinski definition) is 3. The second-order valence-electron chi connectivity index (χ2n) is 6.00. The van der Waals surface area contributed by atoms with Gasteiger partial charge in [0, 0.05) is 30.7 Å². The SMILES string of the molecule is CNC(=O)c1ccccc1NC(=O)[C@@H]1CC(=O)N(c2ccc(Cl)cc2)C1. The van der Waals surface area contributed by atoms with Gasteiger partial charge < -0.3 is 15.5 Å². The van der Waals surface area contributed by atoms with Gasteiger partial charge in [-0.15, -0.1) is 0 Å². The minimum Gasteiger partial charge on any atom is -0.355 e. The molecule has 2 aromatic rings. The number of para-hydroxylation sites is 1. The molecule has 0 spiro atoms. The fourth-order valence-corrected chi connectivity index (χ4v) is 3.04. The lowest BCUT2D eigenvalue weighted by molar-refractivity contribution is -0.122. The minimum absolute atomic E-state index is 0.118. The maximum absolute atomic E-state index is 12.6. The lowest BCUT2D eigenvalue weighted by Crippen LogP contribution is -2.29. The van der Waals surface area contributed by atoms with E-state index < -0.39 is 5.92 Å². The largest absolute Gasteiger partial charge is 0.355 e. The molecule has 1 saturated heterocycles. The molecule has 0 saturated carbocycles. The van der Waals surface area contributed by atoms with E-state index in [9.17, 15) is 14.4 Å². The third-order valence-electron chi connectivity index (χ3n) is 4.29. The van der Waals surface area contributed by atoms with E-state index >= 15 is 0 Å². The zero-order chi connectivity index (χ0) is 18.7. The highest BCUT2D eigenvalue weighted by atomic mass is 35.5. The Morgan fingerprint density at radius 2 is 1.81 bits per heavy atom. The monoisotopic (exact) mass is 371 g/mol. The number of anilines is 2. The van der Waals surface area contributed by atoms with Crippen LogP contribution in [-0.2, 0) is 9.59 Å². The van der Waals surface area contributed by atoms with Gasteiger partial charge in [0.25, 0.3) is 5.91 Å². The van der Waals surface area contributed by atoms with Gasteiger partial charge in [-0.1, -0.05) is 23.7 Å². The summed E-state index contributed by atoms with van der Waals surface area (Å²) in [5.74, 6) is -1.18. The number of nitrogens with zero attached hydrogens (tertiary/aromatic N) is 1. The summed E-state index contributed by atoms with van der Waals surface area (Å²) in [5, 5.41) is 5.89. The molecular weight excluding hydrogens is 354 g/mol. The van der Waals surface area contributed by atoms with E-state index in [1.54, 1.807) is 53.4 Å². The third kappa shape index (κ3) is 3.70. The minimum atomic E-state index is -0.490. The normalized spacial score (nSPS) is 16.5. The van der Waals surface area contributed by atoms with Crippen molar-refractivity contribution in [3.63, 3.8) is 0 Å². The smallest absolute Gasteiger partial charge is 0.253 e. The molecule has 1 aliphatic heterocycles. The van der Waals surface area contributed by atoms with Crippen LogP contribution >= 0.6 is 11.6 Å². The lowest BCUT2D eigenvalue weighted by Gasteiger charge is -2.17.